The lowest BCUT2D eigenvalue weighted by molar-refractivity contribution is -0.384. The molecule has 0 fully saturated rings. The zero-order chi connectivity index (χ0) is 15.9. The average Bonchev–Trinajstić information content (AvgIpc) is 2.90. The molecule has 0 saturated carbocycles. The summed E-state index contributed by atoms with van der Waals surface area (Å²) in [6.45, 7) is 0. The van der Waals surface area contributed by atoms with Crippen molar-refractivity contribution in [3.05, 3.63) is 64.3 Å². The third-order valence-electron chi connectivity index (χ3n) is 3.22. The summed E-state index contributed by atoms with van der Waals surface area (Å²) < 4.78 is 40.2. The third-order valence-corrected chi connectivity index (χ3v) is 3.22. The zero-order valence-electron chi connectivity index (χ0n) is 10.9. The SMILES string of the molecule is O=[N+]([O-])c1ccc(-n2ncc3c(C(F)(F)F)cccc32)cc1. The summed E-state index contributed by atoms with van der Waals surface area (Å²) >= 11 is 0. The van der Waals surface area contributed by atoms with Crippen molar-refractivity contribution in [3.8, 4) is 5.69 Å². The second kappa shape index (κ2) is 4.83. The van der Waals surface area contributed by atoms with E-state index in [-0.39, 0.29) is 16.6 Å². The van der Waals surface area contributed by atoms with Gasteiger partial charge in [0.25, 0.3) is 5.69 Å². The smallest absolute Gasteiger partial charge is 0.258 e. The van der Waals surface area contributed by atoms with Gasteiger partial charge < -0.3 is 0 Å². The number of hydrogen-bond donors (Lipinski definition) is 0. The lowest BCUT2D eigenvalue weighted by atomic mass is 10.1. The molecule has 0 spiro atoms. The quantitative estimate of drug-likeness (QED) is 0.532. The first-order valence-electron chi connectivity index (χ1n) is 6.17. The van der Waals surface area contributed by atoms with Gasteiger partial charge in [0.05, 0.1) is 27.9 Å². The lowest BCUT2D eigenvalue weighted by Crippen LogP contribution is -2.05. The molecule has 0 atom stereocenters. The number of aromatic nitrogens is 2. The predicted molar refractivity (Wildman–Crippen MR) is 72.7 cm³/mol. The number of nitro benzene ring substituents is 1. The summed E-state index contributed by atoms with van der Waals surface area (Å²) in [5, 5.41) is 14.6. The number of nitrogens with zero attached hydrogens (tertiary/aromatic N) is 3. The van der Waals surface area contributed by atoms with Crippen LogP contribution in [0.4, 0.5) is 18.9 Å². The fraction of sp³-hybridized carbons (Fsp3) is 0.0714. The maximum atomic E-state index is 13.0. The Hall–Kier alpha value is -2.90. The molecule has 1 heterocycles. The standard InChI is InChI=1S/C14H8F3N3O2/c15-14(16,17)12-2-1-3-13-11(12)8-18-19(13)9-4-6-10(7-5-9)20(21)22/h1-8H. The molecule has 0 aliphatic rings. The van der Waals surface area contributed by atoms with Gasteiger partial charge in [-0.05, 0) is 24.3 Å². The van der Waals surface area contributed by atoms with E-state index in [9.17, 15) is 23.3 Å². The van der Waals surface area contributed by atoms with Crippen LogP contribution in [0.1, 0.15) is 5.56 Å². The number of hydrogen-bond acceptors (Lipinski definition) is 3. The maximum absolute atomic E-state index is 13.0. The highest BCUT2D eigenvalue weighted by molar-refractivity contribution is 5.84. The molecule has 0 N–H and O–H groups in total. The van der Waals surface area contributed by atoms with Gasteiger partial charge in [0.2, 0.25) is 0 Å². The van der Waals surface area contributed by atoms with Crippen molar-refractivity contribution in [3.63, 3.8) is 0 Å². The van der Waals surface area contributed by atoms with Crippen LogP contribution >= 0.6 is 0 Å². The third kappa shape index (κ3) is 2.28. The molecule has 0 aliphatic carbocycles. The molecule has 0 bridgehead atoms. The van der Waals surface area contributed by atoms with E-state index in [4.69, 9.17) is 0 Å². The van der Waals surface area contributed by atoms with E-state index >= 15 is 0 Å². The Bertz CT molecular complexity index is 854. The lowest BCUT2D eigenvalue weighted by Gasteiger charge is -2.08. The maximum Gasteiger partial charge on any atom is 0.417 e. The summed E-state index contributed by atoms with van der Waals surface area (Å²) in [6.07, 6.45) is -3.33. The normalized spacial score (nSPS) is 11.8. The Morgan fingerprint density at radius 2 is 1.77 bits per heavy atom. The molecule has 22 heavy (non-hydrogen) atoms. The minimum atomic E-state index is -4.47. The Morgan fingerprint density at radius 1 is 1.09 bits per heavy atom. The molecule has 0 amide bonds. The van der Waals surface area contributed by atoms with Gasteiger partial charge in [-0.2, -0.15) is 18.3 Å². The minimum absolute atomic E-state index is 0.0200. The molecule has 8 heteroatoms. The van der Waals surface area contributed by atoms with Gasteiger partial charge in [0.15, 0.2) is 0 Å². The van der Waals surface area contributed by atoms with Crippen molar-refractivity contribution in [2.75, 3.05) is 0 Å². The number of rotatable bonds is 2. The average molecular weight is 307 g/mol. The number of fused-ring (bicyclic) bond motifs is 1. The molecular formula is C14H8F3N3O2. The topological polar surface area (TPSA) is 61.0 Å². The fourth-order valence-electron chi connectivity index (χ4n) is 2.22. The van der Waals surface area contributed by atoms with Gasteiger partial charge in [-0.25, -0.2) is 4.68 Å². The zero-order valence-corrected chi connectivity index (χ0v) is 10.9. The largest absolute Gasteiger partial charge is 0.417 e. The van der Waals surface area contributed by atoms with Gasteiger partial charge in [-0.15, -0.1) is 0 Å². The van der Waals surface area contributed by atoms with E-state index in [0.717, 1.165) is 12.3 Å². The number of non-ortho nitro benzene ring substituents is 1. The Labute approximate surface area is 121 Å². The summed E-state index contributed by atoms with van der Waals surface area (Å²) in [5.74, 6) is 0. The van der Waals surface area contributed by atoms with Crippen LogP contribution in [0.5, 0.6) is 0 Å². The Morgan fingerprint density at radius 3 is 2.36 bits per heavy atom. The predicted octanol–water partition coefficient (Wildman–Crippen LogP) is 3.95. The second-order valence-corrected chi connectivity index (χ2v) is 4.57. The number of alkyl halides is 3. The molecule has 0 radical (unpaired) electrons. The summed E-state index contributed by atoms with van der Waals surface area (Å²) in [4.78, 5) is 10.1. The van der Waals surface area contributed by atoms with Crippen molar-refractivity contribution in [2.24, 2.45) is 0 Å². The Balaban J connectivity index is 2.15. The molecule has 2 aromatic carbocycles. The van der Waals surface area contributed by atoms with Gasteiger partial charge in [0.1, 0.15) is 0 Å². The van der Waals surface area contributed by atoms with Crippen molar-refractivity contribution in [2.45, 2.75) is 6.18 Å². The molecule has 5 nitrogen and oxygen atoms in total. The molecular weight excluding hydrogens is 299 g/mol. The van der Waals surface area contributed by atoms with Crippen LogP contribution in [-0.2, 0) is 6.18 Å². The first-order chi connectivity index (χ1) is 10.4. The second-order valence-electron chi connectivity index (χ2n) is 4.57. The number of halogens is 3. The summed E-state index contributed by atoms with van der Waals surface area (Å²) in [5.41, 5.74) is -0.141. The van der Waals surface area contributed by atoms with Gasteiger partial charge in [-0.1, -0.05) is 6.07 Å². The van der Waals surface area contributed by atoms with E-state index < -0.39 is 16.7 Å². The van der Waals surface area contributed by atoms with E-state index in [0.29, 0.717) is 5.69 Å². The van der Waals surface area contributed by atoms with E-state index in [1.807, 2.05) is 0 Å². The minimum Gasteiger partial charge on any atom is -0.258 e. The monoisotopic (exact) mass is 307 g/mol. The van der Waals surface area contributed by atoms with Crippen LogP contribution < -0.4 is 0 Å². The highest BCUT2D eigenvalue weighted by atomic mass is 19.4. The molecule has 0 unspecified atom stereocenters. The summed E-state index contributed by atoms with van der Waals surface area (Å²) in [7, 11) is 0. The molecule has 0 saturated heterocycles. The van der Waals surface area contributed by atoms with Gasteiger partial charge >= 0.3 is 6.18 Å². The van der Waals surface area contributed by atoms with Crippen LogP contribution in [0.3, 0.4) is 0 Å². The van der Waals surface area contributed by atoms with E-state index in [1.54, 1.807) is 0 Å². The van der Waals surface area contributed by atoms with Gasteiger partial charge in [0, 0.05) is 17.5 Å². The fourth-order valence-corrected chi connectivity index (χ4v) is 2.22. The number of benzene rings is 2. The van der Waals surface area contributed by atoms with Crippen LogP contribution in [0.2, 0.25) is 0 Å². The molecule has 112 valence electrons. The van der Waals surface area contributed by atoms with Crippen LogP contribution in [0, 0.1) is 10.1 Å². The van der Waals surface area contributed by atoms with Crippen molar-refractivity contribution in [1.82, 2.24) is 9.78 Å². The van der Waals surface area contributed by atoms with Crippen molar-refractivity contribution in [1.29, 1.82) is 0 Å². The Kier molecular flexibility index (Phi) is 3.09. The summed E-state index contributed by atoms with van der Waals surface area (Å²) in [6, 6.07) is 9.22. The van der Waals surface area contributed by atoms with Crippen LogP contribution in [0.15, 0.2) is 48.7 Å². The van der Waals surface area contributed by atoms with E-state index in [2.05, 4.69) is 5.10 Å². The van der Waals surface area contributed by atoms with Crippen LogP contribution in [-0.4, -0.2) is 14.7 Å². The first-order valence-corrected chi connectivity index (χ1v) is 6.17. The first kappa shape index (κ1) is 14.1. The highest BCUT2D eigenvalue weighted by Gasteiger charge is 2.33. The van der Waals surface area contributed by atoms with E-state index in [1.165, 1.54) is 41.1 Å². The van der Waals surface area contributed by atoms with Crippen molar-refractivity contribution >= 4 is 16.6 Å². The van der Waals surface area contributed by atoms with Gasteiger partial charge in [-0.3, -0.25) is 10.1 Å². The molecule has 3 rings (SSSR count). The van der Waals surface area contributed by atoms with Crippen LogP contribution in [0.25, 0.3) is 16.6 Å². The number of nitro groups is 1. The molecule has 0 aliphatic heterocycles. The highest BCUT2D eigenvalue weighted by Crippen LogP contribution is 2.35. The van der Waals surface area contributed by atoms with Crippen molar-refractivity contribution < 1.29 is 18.1 Å². The molecule has 1 aromatic heterocycles. The molecule has 3 aromatic rings.